The Hall–Kier alpha value is -0.910. The third-order valence-corrected chi connectivity index (χ3v) is 4.83. The number of aryl methyl sites for hydroxylation is 1. The van der Waals surface area contributed by atoms with Crippen molar-refractivity contribution in [2.75, 3.05) is 22.7 Å². The summed E-state index contributed by atoms with van der Waals surface area (Å²) in [5.74, 6) is 1.14. The molecule has 1 atom stereocenters. The van der Waals surface area contributed by atoms with Gasteiger partial charge in [-0.2, -0.15) is 11.8 Å². The highest BCUT2D eigenvalue weighted by Crippen LogP contribution is 2.15. The Kier molecular flexibility index (Phi) is 9.36. The van der Waals surface area contributed by atoms with Crippen molar-refractivity contribution in [1.82, 2.24) is 0 Å². The van der Waals surface area contributed by atoms with Crippen molar-refractivity contribution in [1.29, 1.82) is 0 Å². The zero-order valence-electron chi connectivity index (χ0n) is 12.1. The van der Waals surface area contributed by atoms with Gasteiger partial charge in [-0.1, -0.05) is 12.1 Å². The van der Waals surface area contributed by atoms with Crippen molar-refractivity contribution in [2.24, 2.45) is 0 Å². The van der Waals surface area contributed by atoms with Crippen LogP contribution in [0.1, 0.15) is 18.4 Å². The minimum atomic E-state index is -0.822. The number of amides is 1. The van der Waals surface area contributed by atoms with Gasteiger partial charge in [-0.05, 0) is 24.1 Å². The number of carboxylic acid groups (broad SMARTS) is 1. The van der Waals surface area contributed by atoms with Crippen LogP contribution >= 0.6 is 35.0 Å². The van der Waals surface area contributed by atoms with Crippen LogP contribution < -0.4 is 5.32 Å². The first kappa shape index (κ1) is 19.1. The average molecular weight is 364 g/mol. The van der Waals surface area contributed by atoms with E-state index in [1.807, 2.05) is 12.1 Å². The van der Waals surface area contributed by atoms with E-state index < -0.39 is 5.97 Å². The summed E-state index contributed by atoms with van der Waals surface area (Å²) in [6.45, 7) is 0. The molecule has 0 aromatic heterocycles. The second kappa shape index (κ2) is 10.8. The fourth-order valence-electron chi connectivity index (χ4n) is 1.74. The van der Waals surface area contributed by atoms with E-state index in [9.17, 15) is 9.59 Å². The highest BCUT2D eigenvalue weighted by molar-refractivity contribution is 7.99. The van der Waals surface area contributed by atoms with E-state index in [1.165, 1.54) is 0 Å². The quantitative estimate of drug-likeness (QED) is 0.492. The molecule has 0 aliphatic carbocycles. The number of thioether (sulfide) groups is 1. The fourth-order valence-corrected chi connectivity index (χ4v) is 3.13. The first-order valence-electron chi connectivity index (χ1n) is 6.89. The van der Waals surface area contributed by atoms with Gasteiger partial charge in [0.25, 0.3) is 0 Å². The predicted octanol–water partition coefficient (Wildman–Crippen LogP) is 3.61. The Balaban J connectivity index is 2.36. The molecule has 0 aliphatic rings. The van der Waals surface area contributed by atoms with Gasteiger partial charge < -0.3 is 10.4 Å². The van der Waals surface area contributed by atoms with Crippen LogP contribution in [0.5, 0.6) is 0 Å². The molecule has 0 bridgehead atoms. The number of nitrogens with one attached hydrogen (secondary N) is 1. The summed E-state index contributed by atoms with van der Waals surface area (Å²) in [6, 6.07) is 7.15. The van der Waals surface area contributed by atoms with Gasteiger partial charge in [-0.25, -0.2) is 0 Å². The van der Waals surface area contributed by atoms with Gasteiger partial charge in [0.15, 0.2) is 0 Å². The van der Waals surface area contributed by atoms with Crippen molar-refractivity contribution in [2.45, 2.75) is 24.6 Å². The van der Waals surface area contributed by atoms with E-state index in [2.05, 4.69) is 5.32 Å². The molecule has 0 fully saturated rings. The Morgan fingerprint density at radius 1 is 1.27 bits per heavy atom. The summed E-state index contributed by atoms with van der Waals surface area (Å²) in [5.41, 5.74) is 1.61. The largest absolute Gasteiger partial charge is 0.481 e. The first-order chi connectivity index (χ1) is 10.5. The van der Waals surface area contributed by atoms with E-state index in [-0.39, 0.29) is 24.1 Å². The molecule has 7 heteroatoms. The van der Waals surface area contributed by atoms with Crippen molar-refractivity contribution < 1.29 is 14.7 Å². The van der Waals surface area contributed by atoms with Crippen LogP contribution in [0.2, 0.25) is 0 Å². The SMILES string of the molecule is O=C(O)CCc1ccc(NC(=O)CC(Cl)CSCCCl)cc1. The lowest BCUT2D eigenvalue weighted by molar-refractivity contribution is -0.137. The summed E-state index contributed by atoms with van der Waals surface area (Å²) in [4.78, 5) is 22.4. The van der Waals surface area contributed by atoms with Gasteiger partial charge in [0.1, 0.15) is 0 Å². The highest BCUT2D eigenvalue weighted by Gasteiger charge is 2.11. The predicted molar refractivity (Wildman–Crippen MR) is 93.3 cm³/mol. The smallest absolute Gasteiger partial charge is 0.303 e. The van der Waals surface area contributed by atoms with Gasteiger partial charge in [-0.15, -0.1) is 23.2 Å². The summed E-state index contributed by atoms with van der Waals surface area (Å²) in [6.07, 6.45) is 0.822. The molecule has 2 N–H and O–H groups in total. The zero-order chi connectivity index (χ0) is 16.4. The van der Waals surface area contributed by atoms with Gasteiger partial charge >= 0.3 is 5.97 Å². The van der Waals surface area contributed by atoms with Crippen molar-refractivity contribution >= 4 is 52.5 Å². The lowest BCUT2D eigenvalue weighted by Gasteiger charge is -2.10. The van der Waals surface area contributed by atoms with Crippen LogP contribution in [0.15, 0.2) is 24.3 Å². The van der Waals surface area contributed by atoms with Gasteiger partial charge in [0.05, 0.1) is 5.38 Å². The molecule has 0 radical (unpaired) electrons. The van der Waals surface area contributed by atoms with Crippen LogP contribution in [0.25, 0.3) is 0 Å². The van der Waals surface area contributed by atoms with Gasteiger partial charge in [-0.3, -0.25) is 9.59 Å². The molecular weight excluding hydrogens is 345 g/mol. The number of alkyl halides is 2. The maximum atomic E-state index is 11.8. The molecule has 0 spiro atoms. The van der Waals surface area contributed by atoms with Crippen molar-refractivity contribution in [3.05, 3.63) is 29.8 Å². The maximum absolute atomic E-state index is 11.8. The monoisotopic (exact) mass is 363 g/mol. The second-order valence-corrected chi connectivity index (χ2v) is 6.85. The molecule has 0 heterocycles. The summed E-state index contributed by atoms with van der Waals surface area (Å²) < 4.78 is 0. The zero-order valence-corrected chi connectivity index (χ0v) is 14.4. The van der Waals surface area contributed by atoms with Crippen LogP contribution in [0, 0.1) is 0 Å². The number of anilines is 1. The minimum absolute atomic E-state index is 0.0968. The van der Waals surface area contributed by atoms with E-state index in [1.54, 1.807) is 23.9 Å². The summed E-state index contributed by atoms with van der Waals surface area (Å²) >= 11 is 13.3. The lowest BCUT2D eigenvalue weighted by atomic mass is 10.1. The number of hydrogen-bond donors (Lipinski definition) is 2. The molecule has 1 aromatic carbocycles. The first-order valence-corrected chi connectivity index (χ1v) is 9.02. The minimum Gasteiger partial charge on any atom is -0.481 e. The molecule has 0 saturated heterocycles. The maximum Gasteiger partial charge on any atom is 0.303 e. The number of hydrogen-bond acceptors (Lipinski definition) is 3. The molecule has 1 amide bonds. The number of carboxylic acids is 1. The number of halogens is 2. The second-order valence-electron chi connectivity index (χ2n) is 4.70. The topological polar surface area (TPSA) is 66.4 Å². The van der Waals surface area contributed by atoms with Crippen LogP contribution in [-0.4, -0.2) is 39.7 Å². The fraction of sp³-hybridized carbons (Fsp3) is 0.467. The Bertz CT molecular complexity index is 482. The molecule has 122 valence electrons. The molecule has 4 nitrogen and oxygen atoms in total. The van der Waals surface area contributed by atoms with Gasteiger partial charge in [0, 0.05) is 35.9 Å². The molecule has 1 rings (SSSR count). The molecular formula is C15H19Cl2NO3S. The number of benzene rings is 1. The number of aliphatic carboxylic acids is 1. The molecule has 1 aromatic rings. The molecule has 0 aliphatic heterocycles. The lowest BCUT2D eigenvalue weighted by Crippen LogP contribution is -2.18. The number of carbonyl (C=O) groups is 2. The van der Waals surface area contributed by atoms with Gasteiger partial charge in [0.2, 0.25) is 5.91 Å². The van der Waals surface area contributed by atoms with E-state index in [4.69, 9.17) is 28.3 Å². The Morgan fingerprint density at radius 3 is 2.55 bits per heavy atom. The number of rotatable bonds is 10. The molecule has 22 heavy (non-hydrogen) atoms. The van der Waals surface area contributed by atoms with Crippen LogP contribution in [0.3, 0.4) is 0 Å². The molecule has 0 saturated carbocycles. The third-order valence-electron chi connectivity index (χ3n) is 2.79. The van der Waals surface area contributed by atoms with E-state index in [0.717, 1.165) is 11.3 Å². The highest BCUT2D eigenvalue weighted by atomic mass is 35.5. The standard InChI is InChI=1S/C15H19Cl2NO3S/c16-7-8-22-10-12(17)9-14(19)18-13-4-1-11(2-5-13)3-6-15(20)21/h1-2,4-5,12H,3,6-10H2,(H,18,19)(H,20,21). The van der Waals surface area contributed by atoms with Crippen molar-refractivity contribution in [3.8, 4) is 0 Å². The Labute approximate surface area is 144 Å². The van der Waals surface area contributed by atoms with Crippen molar-refractivity contribution in [3.63, 3.8) is 0 Å². The Morgan fingerprint density at radius 2 is 1.95 bits per heavy atom. The molecule has 1 unspecified atom stereocenters. The van der Waals surface area contributed by atoms with E-state index in [0.29, 0.717) is 23.7 Å². The number of carbonyl (C=O) groups excluding carboxylic acids is 1. The summed E-state index contributed by atoms with van der Waals surface area (Å²) in [7, 11) is 0. The van der Waals surface area contributed by atoms with Crippen LogP contribution in [-0.2, 0) is 16.0 Å². The average Bonchev–Trinajstić information content (AvgIpc) is 2.46. The normalized spacial score (nSPS) is 11.9. The third kappa shape index (κ3) is 8.51. The summed E-state index contributed by atoms with van der Waals surface area (Å²) in [5, 5.41) is 11.2. The van der Waals surface area contributed by atoms with Crippen LogP contribution in [0.4, 0.5) is 5.69 Å². The van der Waals surface area contributed by atoms with E-state index >= 15 is 0 Å².